The third-order valence-electron chi connectivity index (χ3n) is 3.27. The van der Waals surface area contributed by atoms with Crippen LogP contribution in [0.3, 0.4) is 0 Å². The highest BCUT2D eigenvalue weighted by Crippen LogP contribution is 2.27. The molecule has 2 heteroatoms. The van der Waals surface area contributed by atoms with E-state index in [9.17, 15) is 0 Å². The molecule has 90 valence electrons. The van der Waals surface area contributed by atoms with Crippen LogP contribution in [-0.2, 0) is 4.74 Å². The third kappa shape index (κ3) is 5.53. The van der Waals surface area contributed by atoms with Crippen LogP contribution in [0.15, 0.2) is 0 Å². The van der Waals surface area contributed by atoms with Crippen molar-refractivity contribution in [1.29, 1.82) is 0 Å². The van der Waals surface area contributed by atoms with Crippen molar-refractivity contribution in [2.75, 3.05) is 19.8 Å². The normalized spacial score (nSPS) is 20.0. The molecule has 0 spiro atoms. The summed E-state index contributed by atoms with van der Waals surface area (Å²) in [5.41, 5.74) is 0. The lowest BCUT2D eigenvalue weighted by atomic mass is 10.00. The summed E-state index contributed by atoms with van der Waals surface area (Å²) in [5.74, 6) is 1.56. The Labute approximate surface area is 94.8 Å². The quantitative estimate of drug-likeness (QED) is 0.657. The lowest BCUT2D eigenvalue weighted by Crippen LogP contribution is -2.34. The van der Waals surface area contributed by atoms with Gasteiger partial charge in [0.1, 0.15) is 0 Å². The van der Waals surface area contributed by atoms with Crippen LogP contribution in [0, 0.1) is 11.8 Å². The van der Waals surface area contributed by atoms with Crippen LogP contribution in [-0.4, -0.2) is 25.8 Å². The van der Waals surface area contributed by atoms with Gasteiger partial charge in [0.25, 0.3) is 0 Å². The molecule has 2 nitrogen and oxygen atoms in total. The zero-order chi connectivity index (χ0) is 11.1. The van der Waals surface area contributed by atoms with Gasteiger partial charge < -0.3 is 10.1 Å². The second-order valence-corrected chi connectivity index (χ2v) is 5.26. The molecule has 0 heterocycles. The fourth-order valence-corrected chi connectivity index (χ4v) is 2.30. The van der Waals surface area contributed by atoms with Gasteiger partial charge in [-0.05, 0) is 31.6 Å². The minimum absolute atomic E-state index is 0.650. The first-order chi connectivity index (χ1) is 7.20. The average Bonchev–Trinajstić information content (AvgIpc) is 2.69. The molecular formula is C13H27NO. The van der Waals surface area contributed by atoms with Crippen LogP contribution >= 0.6 is 0 Å². The Morgan fingerprint density at radius 3 is 2.47 bits per heavy atom. The minimum atomic E-state index is 0.650. The molecule has 0 aromatic carbocycles. The summed E-state index contributed by atoms with van der Waals surface area (Å²) in [7, 11) is 0. The van der Waals surface area contributed by atoms with E-state index in [1.807, 2.05) is 0 Å². The SMILES string of the molecule is CC(C)COCCN[C@@H](C)C1CCCC1. The number of nitrogens with one attached hydrogen (secondary N) is 1. The van der Waals surface area contributed by atoms with E-state index in [2.05, 4.69) is 26.1 Å². The number of hydrogen-bond acceptors (Lipinski definition) is 2. The zero-order valence-corrected chi connectivity index (χ0v) is 10.6. The van der Waals surface area contributed by atoms with Crippen molar-refractivity contribution in [3.05, 3.63) is 0 Å². The van der Waals surface area contributed by atoms with E-state index >= 15 is 0 Å². The Hall–Kier alpha value is -0.0800. The van der Waals surface area contributed by atoms with Crippen LogP contribution in [0.1, 0.15) is 46.5 Å². The first kappa shape index (κ1) is 13.0. The smallest absolute Gasteiger partial charge is 0.0591 e. The van der Waals surface area contributed by atoms with Crippen molar-refractivity contribution >= 4 is 0 Å². The molecule has 0 unspecified atom stereocenters. The van der Waals surface area contributed by atoms with Crippen LogP contribution in [0.2, 0.25) is 0 Å². The van der Waals surface area contributed by atoms with Crippen LogP contribution < -0.4 is 5.32 Å². The highest BCUT2D eigenvalue weighted by atomic mass is 16.5. The van der Waals surface area contributed by atoms with E-state index in [-0.39, 0.29) is 0 Å². The van der Waals surface area contributed by atoms with E-state index in [0.29, 0.717) is 12.0 Å². The number of rotatable bonds is 7. The molecule has 1 N–H and O–H groups in total. The lowest BCUT2D eigenvalue weighted by Gasteiger charge is -2.20. The lowest BCUT2D eigenvalue weighted by molar-refractivity contribution is 0.109. The predicted octanol–water partition coefficient (Wildman–Crippen LogP) is 2.83. The average molecular weight is 213 g/mol. The summed E-state index contributed by atoms with van der Waals surface area (Å²) in [6, 6.07) is 0.676. The Bertz CT molecular complexity index is 153. The zero-order valence-electron chi connectivity index (χ0n) is 10.6. The summed E-state index contributed by atoms with van der Waals surface area (Å²) in [6.07, 6.45) is 5.70. The molecule has 1 aliphatic carbocycles. The second-order valence-electron chi connectivity index (χ2n) is 5.26. The molecule has 0 aromatic rings. The summed E-state index contributed by atoms with van der Waals surface area (Å²) < 4.78 is 5.55. The monoisotopic (exact) mass is 213 g/mol. The maximum Gasteiger partial charge on any atom is 0.0591 e. The van der Waals surface area contributed by atoms with E-state index < -0.39 is 0 Å². The van der Waals surface area contributed by atoms with Crippen molar-refractivity contribution in [3.8, 4) is 0 Å². The van der Waals surface area contributed by atoms with Gasteiger partial charge in [0.05, 0.1) is 6.61 Å². The molecule has 1 aliphatic rings. The van der Waals surface area contributed by atoms with Crippen LogP contribution in [0.25, 0.3) is 0 Å². The van der Waals surface area contributed by atoms with E-state index in [0.717, 1.165) is 25.7 Å². The fraction of sp³-hybridized carbons (Fsp3) is 1.00. The highest BCUT2D eigenvalue weighted by molar-refractivity contribution is 4.76. The maximum atomic E-state index is 5.55. The standard InChI is InChI=1S/C13H27NO/c1-11(2)10-15-9-8-14-12(3)13-6-4-5-7-13/h11-14H,4-10H2,1-3H3/t12-/m0/s1. The minimum Gasteiger partial charge on any atom is -0.380 e. The van der Waals surface area contributed by atoms with Crippen molar-refractivity contribution in [1.82, 2.24) is 5.32 Å². The van der Waals surface area contributed by atoms with Gasteiger partial charge >= 0.3 is 0 Å². The van der Waals surface area contributed by atoms with Gasteiger partial charge in [-0.1, -0.05) is 26.7 Å². The van der Waals surface area contributed by atoms with E-state index in [4.69, 9.17) is 4.74 Å². The molecule has 0 aromatic heterocycles. The molecule has 1 rings (SSSR count). The molecule has 0 aliphatic heterocycles. The molecule has 1 saturated carbocycles. The summed E-state index contributed by atoms with van der Waals surface area (Å²) in [6.45, 7) is 9.45. The number of ether oxygens (including phenoxy) is 1. The fourth-order valence-electron chi connectivity index (χ4n) is 2.30. The van der Waals surface area contributed by atoms with Crippen molar-refractivity contribution in [2.45, 2.75) is 52.5 Å². The summed E-state index contributed by atoms with van der Waals surface area (Å²) in [5, 5.41) is 3.57. The molecule has 15 heavy (non-hydrogen) atoms. The maximum absolute atomic E-state index is 5.55. The first-order valence-electron chi connectivity index (χ1n) is 6.51. The Kier molecular flexibility index (Phi) is 6.26. The van der Waals surface area contributed by atoms with Crippen molar-refractivity contribution in [2.24, 2.45) is 11.8 Å². The van der Waals surface area contributed by atoms with E-state index in [1.165, 1.54) is 25.7 Å². The van der Waals surface area contributed by atoms with Gasteiger partial charge in [-0.2, -0.15) is 0 Å². The summed E-state index contributed by atoms with van der Waals surface area (Å²) in [4.78, 5) is 0. The molecular weight excluding hydrogens is 186 g/mol. The van der Waals surface area contributed by atoms with Crippen LogP contribution in [0.4, 0.5) is 0 Å². The topological polar surface area (TPSA) is 21.3 Å². The molecule has 1 fully saturated rings. The van der Waals surface area contributed by atoms with E-state index in [1.54, 1.807) is 0 Å². The van der Waals surface area contributed by atoms with Gasteiger partial charge in [-0.25, -0.2) is 0 Å². The Morgan fingerprint density at radius 1 is 1.20 bits per heavy atom. The summed E-state index contributed by atoms with van der Waals surface area (Å²) >= 11 is 0. The van der Waals surface area contributed by atoms with Gasteiger partial charge in [-0.15, -0.1) is 0 Å². The molecule has 0 saturated heterocycles. The molecule has 0 bridgehead atoms. The first-order valence-corrected chi connectivity index (χ1v) is 6.51. The van der Waals surface area contributed by atoms with Crippen LogP contribution in [0.5, 0.6) is 0 Å². The third-order valence-corrected chi connectivity index (χ3v) is 3.27. The Balaban J connectivity index is 1.94. The van der Waals surface area contributed by atoms with Gasteiger partial charge in [0.2, 0.25) is 0 Å². The van der Waals surface area contributed by atoms with Gasteiger partial charge in [0.15, 0.2) is 0 Å². The molecule has 0 amide bonds. The van der Waals surface area contributed by atoms with Gasteiger partial charge in [0, 0.05) is 19.2 Å². The van der Waals surface area contributed by atoms with Crippen molar-refractivity contribution in [3.63, 3.8) is 0 Å². The molecule has 0 radical (unpaired) electrons. The predicted molar refractivity (Wildman–Crippen MR) is 65.1 cm³/mol. The number of hydrogen-bond donors (Lipinski definition) is 1. The largest absolute Gasteiger partial charge is 0.380 e. The highest BCUT2D eigenvalue weighted by Gasteiger charge is 2.20. The van der Waals surface area contributed by atoms with Crippen molar-refractivity contribution < 1.29 is 4.74 Å². The molecule has 1 atom stereocenters. The van der Waals surface area contributed by atoms with Gasteiger partial charge in [-0.3, -0.25) is 0 Å². The second kappa shape index (κ2) is 7.24. The Morgan fingerprint density at radius 2 is 1.87 bits per heavy atom.